The van der Waals surface area contributed by atoms with Crippen molar-refractivity contribution in [1.29, 1.82) is 0 Å². The smallest absolute Gasteiger partial charge is 0.870 e. The van der Waals surface area contributed by atoms with Crippen LogP contribution in [0.4, 0.5) is 92.2 Å². The molecule has 2 aromatic carbocycles. The van der Waals surface area contributed by atoms with Gasteiger partial charge in [0.2, 0.25) is 11.7 Å². The molecule has 21 rings (SSSR count). The third kappa shape index (κ3) is 28.6. The van der Waals surface area contributed by atoms with Crippen LogP contribution in [0.2, 0.25) is 0 Å². The van der Waals surface area contributed by atoms with Gasteiger partial charge >= 0.3 is 85.8 Å². The van der Waals surface area contributed by atoms with E-state index in [2.05, 4.69) is 44.9 Å². The number of alkyl halides is 18. The van der Waals surface area contributed by atoms with Crippen LogP contribution in [0, 0.1) is 82.5 Å². The molecule has 7 aromatic rings. The first-order valence-corrected chi connectivity index (χ1v) is 45.9. The summed E-state index contributed by atoms with van der Waals surface area (Å²) in [5.41, 5.74) is 10.4. The van der Waals surface area contributed by atoms with Crippen LogP contribution in [0.15, 0.2) is 54.7 Å². The summed E-state index contributed by atoms with van der Waals surface area (Å²) < 4.78 is 291. The number of amides is 2. The van der Waals surface area contributed by atoms with Gasteiger partial charge in [-0.1, -0.05) is 19.6 Å². The number of nitrogens with one attached hydrogen (secondary N) is 1. The number of aliphatic carboxylic acids is 1. The summed E-state index contributed by atoms with van der Waals surface area (Å²) in [6, 6.07) is 8.59. The summed E-state index contributed by atoms with van der Waals surface area (Å²) in [7, 11) is 0. The standard InChI is InChI=1S/C30H23F6N5O2.2C12H13F3N2O2.C10H9F3N2O2.C8H7F3O2.C6H10O.C6H8O.C5H11NO2.C4H5F3O2.CH4.Li.H2O/c31-17-6-14(7-18(32)12-17)8-23(27-19(2-1-5-38-27)15-3-4-22(33)21(9-15)29(37)43)39-25(42)13-41-24-11-16-10-20(16)26(24)28(40-41)30(34,35)36;1-2-19-9(18)5-17-8-4-6-3-7(6)10(8)11(16-17)12(13,14)15;1-2-19-9(18)5-17-11(12(13,14)15)10-7-3-6(7)4-8(10)16-17;11-10(12,13)9-8-5-1-4(5)2-6(8)15(14-9)3-7(16)17;9-8(10,11)7(13)6-4-1-3(4)2-5(6)12;2*7-6-2-4-1-5(4)3-6;1-2-8-5(7)3-4-6;1-2-9-3(8)4(5,6)7;;;/h1-7,9,12,16,20,23H,8,10-11,13H2,(H2,37,43)(H,39,42);2*6-7H,2-5H2,1H3;4-5H,1-3H2,(H,16,17);3-4,6H,1-2H2;4-7H,1-3H2;4-5H,1-3H2;2-4,6H2,1H3;2H2,1H3;1H4;;1H2/q;;;;;;;;;;+1;/p-1/t16?,20?,23-;;;;;;;;;;;/m0.........../s1. The number of aliphatic hydroxyl groups excluding tert-OH is 1. The molecule has 145 heavy (non-hydrogen) atoms. The van der Waals surface area contributed by atoms with E-state index in [1.54, 1.807) is 32.9 Å². The van der Waals surface area contributed by atoms with Gasteiger partial charge < -0.3 is 51.4 Å². The molecule has 0 bridgehead atoms. The number of fused-ring (bicyclic) bond motifs is 15. The molecule has 0 aliphatic heterocycles. The second-order valence-corrected chi connectivity index (χ2v) is 37.1. The number of ketones is 3. The minimum Gasteiger partial charge on any atom is -0.870 e. The van der Waals surface area contributed by atoms with E-state index < -0.39 is 156 Å². The van der Waals surface area contributed by atoms with Gasteiger partial charge in [-0.3, -0.25) is 62.2 Å². The van der Waals surface area contributed by atoms with E-state index in [1.165, 1.54) is 42.8 Å². The van der Waals surface area contributed by atoms with Gasteiger partial charge in [0.05, 0.1) is 67.9 Å². The first kappa shape index (κ1) is 116. The molecule has 2 amide bonds. The summed E-state index contributed by atoms with van der Waals surface area (Å²) in [6.45, 7) is 5.51. The molecule has 0 saturated heterocycles. The van der Waals surface area contributed by atoms with Crippen LogP contribution in [-0.4, -0.2) is 170 Å². The number of rotatable bonds is 21. The van der Waals surface area contributed by atoms with Crippen LogP contribution in [0.1, 0.15) is 238 Å². The Morgan fingerprint density at radius 3 is 1.36 bits per heavy atom. The Hall–Kier alpha value is -11.3. The first-order valence-electron chi connectivity index (χ1n) is 45.9. The normalized spacial score (nSPS) is 24.1. The number of nitrogens with zero attached hydrogens (tertiary/aromatic N) is 9. The van der Waals surface area contributed by atoms with Crippen LogP contribution in [0.5, 0.6) is 0 Å². The number of primary amides is 1. The van der Waals surface area contributed by atoms with Gasteiger partial charge in [-0.25, -0.2) is 22.6 Å². The number of carbonyl (C=O) groups excluding carboxylic acids is 9. The molecule has 14 aliphatic rings. The molecule has 10 saturated carbocycles. The van der Waals surface area contributed by atoms with Crippen molar-refractivity contribution in [3.8, 4) is 11.1 Å². The second-order valence-electron chi connectivity index (χ2n) is 37.1. The van der Waals surface area contributed by atoms with Crippen molar-refractivity contribution in [2.24, 2.45) is 76.6 Å². The van der Waals surface area contributed by atoms with Crippen molar-refractivity contribution < 1.29 is 194 Å². The van der Waals surface area contributed by atoms with E-state index >= 15 is 0 Å². The van der Waals surface area contributed by atoms with E-state index in [1.807, 2.05) is 0 Å². The molecule has 14 aliphatic carbocycles. The molecule has 15 unspecified atom stereocenters. The SMILES string of the molecule is C.CCOC(=O)C(F)(F)F.CCOC(=O)CCN.CCOC(=O)Cn1nc(C(F)(F)F)c2c1CC1CC21.CCOC(=O)Cn1nc2c(c1C(F)(F)F)C1CC1C2.NC(=O)c1cc(-c2cccnc2[C@H](Cc2cc(F)cc(F)c2)NC(=O)Cn2nc(C(F)(F)F)c3c2CC2CC32)ccc1F.O=C(O)Cn1nc(C(F)(F)F)c2c1CC1CC21.O=C1CC2CC2C1.O=C1CC2CC2C1C(=O)C(F)(F)F.OC1CC2CC2C1.[Li+].[OH-]. The van der Waals surface area contributed by atoms with Crippen LogP contribution in [0.25, 0.3) is 11.1 Å². The van der Waals surface area contributed by atoms with E-state index in [0.29, 0.717) is 127 Å². The van der Waals surface area contributed by atoms with Gasteiger partial charge in [0.15, 0.2) is 17.1 Å². The number of ether oxygens (including phenoxy) is 4. The minimum absolute atomic E-state index is 0. The number of carboxylic acid groups (broad SMARTS) is 1. The zero-order chi connectivity index (χ0) is 104. The molecule has 5 aromatic heterocycles. The molecule has 16 atom stereocenters. The quantitative estimate of drug-likeness (QED) is 0.0147. The number of hydrogen-bond donors (Lipinski definition) is 5. The Balaban J connectivity index is 0.000000180. The number of Topliss-reactive ketones (excluding diaryl/α,β-unsaturated/α-hetero) is 3. The number of carbonyl (C=O) groups is 10. The second kappa shape index (κ2) is 46.0. The Bertz CT molecular complexity index is 5880. The van der Waals surface area contributed by atoms with Gasteiger partial charge in [-0.05, 0) is 242 Å². The average Bonchev–Trinajstić information content (AvgIpc) is 1.56. The van der Waals surface area contributed by atoms with E-state index in [-0.39, 0.29) is 158 Å². The number of halogens is 21. The number of benzene rings is 2. The number of nitrogens with two attached hydrogens (primary N) is 2. The third-order valence-corrected chi connectivity index (χ3v) is 26.8. The van der Waals surface area contributed by atoms with Gasteiger partial charge in [0, 0.05) is 83.0 Å². The van der Waals surface area contributed by atoms with Crippen molar-refractivity contribution in [2.45, 2.75) is 250 Å². The van der Waals surface area contributed by atoms with Crippen LogP contribution in [-0.2, 0) is 145 Å². The topological polar surface area (TPSA) is 426 Å². The number of carboxylic acids is 1. The molecule has 5 heterocycles. The summed E-state index contributed by atoms with van der Waals surface area (Å²) in [5.74, 6) is -8.23. The molecule has 790 valence electrons. The van der Waals surface area contributed by atoms with Crippen LogP contribution in [0.3, 0.4) is 0 Å². The van der Waals surface area contributed by atoms with Crippen molar-refractivity contribution in [3.05, 3.63) is 157 Å². The van der Waals surface area contributed by atoms with E-state index in [4.69, 9.17) is 26.4 Å². The molecule has 51 heteroatoms. The van der Waals surface area contributed by atoms with Crippen LogP contribution >= 0.6 is 0 Å². The average molecular weight is 2080 g/mol. The minimum atomic E-state index is -4.85. The Morgan fingerprint density at radius 1 is 0.503 bits per heavy atom. The maximum atomic E-state index is 14.2. The fourth-order valence-electron chi connectivity index (χ4n) is 20.1. The summed E-state index contributed by atoms with van der Waals surface area (Å²) in [6.07, 6.45) is -13.5. The predicted molar refractivity (Wildman–Crippen MR) is 457 cm³/mol. The predicted octanol–water partition coefficient (Wildman–Crippen LogP) is 12.7. The fraction of sp³-hybridized carbons (Fsp3) is 0.585. The first-order chi connectivity index (χ1) is 66.5. The number of hydrogen-bond acceptors (Lipinski definition) is 22. The van der Waals surface area contributed by atoms with E-state index in [9.17, 15) is 140 Å². The molecular weight excluding hydrogens is 1970 g/mol. The number of aromatic nitrogens is 9. The summed E-state index contributed by atoms with van der Waals surface area (Å²) in [5, 5.41) is 35.0. The molecular formula is C94H104F21LiN12O17. The van der Waals surface area contributed by atoms with E-state index in [0.717, 1.165) is 101 Å². The Morgan fingerprint density at radius 2 is 0.959 bits per heavy atom. The molecule has 29 nitrogen and oxygen atoms in total. The molecule has 0 radical (unpaired) electrons. The largest absolute Gasteiger partial charge is 1.00 e. The Labute approximate surface area is 825 Å². The number of esters is 4. The molecule has 0 spiro atoms. The van der Waals surface area contributed by atoms with Crippen molar-refractivity contribution in [1.82, 2.24) is 49.4 Å². The van der Waals surface area contributed by atoms with Gasteiger partial charge in [-0.15, -0.1) is 0 Å². The summed E-state index contributed by atoms with van der Waals surface area (Å²) >= 11 is 0. The third-order valence-electron chi connectivity index (χ3n) is 26.8. The maximum absolute atomic E-state index is 14.2. The van der Waals surface area contributed by atoms with Crippen LogP contribution < -0.4 is 35.6 Å². The Kier molecular flexibility index (Phi) is 36.7. The van der Waals surface area contributed by atoms with Crippen molar-refractivity contribution in [2.75, 3.05) is 33.0 Å². The fourth-order valence-corrected chi connectivity index (χ4v) is 20.1. The van der Waals surface area contributed by atoms with Gasteiger partial charge in [0.1, 0.15) is 60.9 Å². The van der Waals surface area contributed by atoms with Crippen molar-refractivity contribution in [3.63, 3.8) is 0 Å². The van der Waals surface area contributed by atoms with Gasteiger partial charge in [-0.2, -0.15) is 99.4 Å². The number of aliphatic hydroxyl groups is 1. The van der Waals surface area contributed by atoms with Gasteiger partial charge in [0.25, 0.3) is 5.91 Å². The van der Waals surface area contributed by atoms with Crippen molar-refractivity contribution >= 4 is 59.0 Å². The monoisotopic (exact) mass is 2080 g/mol. The summed E-state index contributed by atoms with van der Waals surface area (Å²) in [4.78, 5) is 115. The maximum Gasteiger partial charge on any atom is 1.00 e. The zero-order valence-electron chi connectivity index (χ0n) is 77.8. The number of pyridine rings is 1. The molecule has 8 N–H and O–H groups in total. The zero-order valence-corrected chi connectivity index (χ0v) is 77.8. The molecule has 10 fully saturated rings.